The number of likely N-dealkylation sites (tertiary alicyclic amines) is 1. The number of carbonyl (C=O) groups is 2. The van der Waals surface area contributed by atoms with Gasteiger partial charge in [0.15, 0.2) is 0 Å². The number of benzene rings is 1. The van der Waals surface area contributed by atoms with Gasteiger partial charge in [-0.2, -0.15) is 0 Å². The minimum atomic E-state index is 0.0855. The van der Waals surface area contributed by atoms with Gasteiger partial charge in [-0.3, -0.25) is 9.59 Å². The van der Waals surface area contributed by atoms with Crippen LogP contribution in [-0.2, 0) is 4.79 Å². The van der Waals surface area contributed by atoms with Gasteiger partial charge in [-0.1, -0.05) is 23.9 Å². The molecule has 3 heterocycles. The summed E-state index contributed by atoms with van der Waals surface area (Å²) in [6.45, 7) is 2.09. The van der Waals surface area contributed by atoms with Gasteiger partial charge in [0.1, 0.15) is 5.01 Å². The van der Waals surface area contributed by atoms with E-state index in [1.165, 1.54) is 16.5 Å². The number of hydrogen-bond donors (Lipinski definition) is 0. The summed E-state index contributed by atoms with van der Waals surface area (Å²) >= 11 is 3.04. The molecule has 4 rings (SSSR count). The van der Waals surface area contributed by atoms with Gasteiger partial charge < -0.3 is 9.80 Å². The average Bonchev–Trinajstić information content (AvgIpc) is 3.25. The van der Waals surface area contributed by atoms with E-state index in [1.54, 1.807) is 16.2 Å². The molecule has 5 nitrogen and oxygen atoms in total. The van der Waals surface area contributed by atoms with Crippen LogP contribution < -0.4 is 0 Å². The molecular formula is C18H21N3O2S2. The van der Waals surface area contributed by atoms with E-state index in [1.807, 2.05) is 23.1 Å². The van der Waals surface area contributed by atoms with Gasteiger partial charge in [0.25, 0.3) is 5.24 Å². The molecule has 2 amide bonds. The van der Waals surface area contributed by atoms with E-state index in [2.05, 4.69) is 6.07 Å². The standard InChI is InChI=1S/C18H21N3O2S2/c22-16(8-10-20-11-12-24-18(20)23)21-9-4-3-6-14(21)17-19-13-5-1-2-7-15(13)25-17/h1-2,5,7,14H,3-4,6,8-12H2/t14-/m0/s1. The molecule has 1 aromatic carbocycles. The quantitative estimate of drug-likeness (QED) is 0.813. The first-order chi connectivity index (χ1) is 12.2. The lowest BCUT2D eigenvalue weighted by Crippen LogP contribution is -2.40. The highest BCUT2D eigenvalue weighted by molar-refractivity contribution is 8.13. The van der Waals surface area contributed by atoms with Gasteiger partial charge in [0.2, 0.25) is 5.91 Å². The molecule has 2 aliphatic rings. The minimum absolute atomic E-state index is 0.0855. The predicted octanol–water partition coefficient (Wildman–Crippen LogP) is 3.91. The van der Waals surface area contributed by atoms with Crippen LogP contribution in [0, 0.1) is 0 Å². The molecule has 132 valence electrons. The highest BCUT2D eigenvalue weighted by atomic mass is 32.2. The molecule has 0 aliphatic carbocycles. The Morgan fingerprint density at radius 1 is 1.24 bits per heavy atom. The SMILES string of the molecule is O=C1SCCN1CCC(=O)N1CCCC[C@H]1c1nc2ccccc2s1. The highest BCUT2D eigenvalue weighted by Gasteiger charge is 2.31. The number of rotatable bonds is 4. The monoisotopic (exact) mass is 375 g/mol. The van der Waals surface area contributed by atoms with Gasteiger partial charge in [-0.05, 0) is 31.4 Å². The van der Waals surface area contributed by atoms with Crippen molar-refractivity contribution in [1.29, 1.82) is 0 Å². The topological polar surface area (TPSA) is 53.5 Å². The summed E-state index contributed by atoms with van der Waals surface area (Å²) in [6, 6.07) is 8.23. The Morgan fingerprint density at radius 3 is 2.92 bits per heavy atom. The van der Waals surface area contributed by atoms with Crippen LogP contribution in [0.1, 0.15) is 36.7 Å². The van der Waals surface area contributed by atoms with Crippen LogP contribution in [0.2, 0.25) is 0 Å². The molecule has 1 aromatic heterocycles. The number of hydrogen-bond acceptors (Lipinski definition) is 5. The third-order valence-electron chi connectivity index (χ3n) is 4.86. The van der Waals surface area contributed by atoms with Crippen molar-refractivity contribution in [3.63, 3.8) is 0 Å². The van der Waals surface area contributed by atoms with Gasteiger partial charge in [0.05, 0.1) is 16.3 Å². The molecule has 2 aromatic rings. The molecule has 0 N–H and O–H groups in total. The fourth-order valence-corrected chi connectivity index (χ4v) is 5.49. The molecule has 2 aliphatic heterocycles. The number of thiazole rings is 1. The summed E-state index contributed by atoms with van der Waals surface area (Å²) in [4.78, 5) is 33.1. The number of carbonyl (C=O) groups excluding carboxylic acids is 2. The molecule has 25 heavy (non-hydrogen) atoms. The van der Waals surface area contributed by atoms with E-state index in [4.69, 9.17) is 4.98 Å². The normalized spacial score (nSPS) is 21.3. The van der Waals surface area contributed by atoms with Crippen LogP contribution >= 0.6 is 23.1 Å². The maximum Gasteiger partial charge on any atom is 0.281 e. The van der Waals surface area contributed by atoms with Crippen molar-refractivity contribution in [3.8, 4) is 0 Å². The molecule has 0 bridgehead atoms. The van der Waals surface area contributed by atoms with Crippen LogP contribution in [0.4, 0.5) is 4.79 Å². The Hall–Kier alpha value is -1.60. The fraction of sp³-hybridized carbons (Fsp3) is 0.500. The third-order valence-corrected chi connectivity index (χ3v) is 6.89. The number of fused-ring (bicyclic) bond motifs is 1. The largest absolute Gasteiger partial charge is 0.333 e. The van der Waals surface area contributed by atoms with Crippen LogP contribution in [0.25, 0.3) is 10.2 Å². The zero-order valence-corrected chi connectivity index (χ0v) is 15.7. The number of thioether (sulfide) groups is 1. The number of piperidine rings is 1. The molecule has 0 unspecified atom stereocenters. The van der Waals surface area contributed by atoms with E-state index < -0.39 is 0 Å². The number of amides is 2. The second kappa shape index (κ2) is 7.33. The summed E-state index contributed by atoms with van der Waals surface area (Å²) in [7, 11) is 0. The lowest BCUT2D eigenvalue weighted by atomic mass is 10.0. The first-order valence-corrected chi connectivity index (χ1v) is 10.6. The van der Waals surface area contributed by atoms with Crippen molar-refractivity contribution < 1.29 is 9.59 Å². The summed E-state index contributed by atoms with van der Waals surface area (Å²) in [6.07, 6.45) is 3.56. The van der Waals surface area contributed by atoms with Gasteiger partial charge in [-0.25, -0.2) is 4.98 Å². The lowest BCUT2D eigenvalue weighted by molar-refractivity contribution is -0.135. The number of para-hydroxylation sites is 1. The lowest BCUT2D eigenvalue weighted by Gasteiger charge is -2.35. The molecule has 7 heteroatoms. The fourth-order valence-electron chi connectivity index (χ4n) is 3.52. The molecule has 1 atom stereocenters. The van der Waals surface area contributed by atoms with E-state index in [-0.39, 0.29) is 17.2 Å². The Labute approximate surface area is 155 Å². The first kappa shape index (κ1) is 16.8. The Balaban J connectivity index is 1.48. The third kappa shape index (κ3) is 3.53. The van der Waals surface area contributed by atoms with E-state index in [9.17, 15) is 9.59 Å². The van der Waals surface area contributed by atoms with Crippen molar-refractivity contribution in [2.75, 3.05) is 25.4 Å². The van der Waals surface area contributed by atoms with Crippen molar-refractivity contribution in [1.82, 2.24) is 14.8 Å². The summed E-state index contributed by atoms with van der Waals surface area (Å²) in [5.41, 5.74) is 1.01. The number of nitrogens with zero attached hydrogens (tertiary/aromatic N) is 3. The van der Waals surface area contributed by atoms with Crippen LogP contribution in [0.3, 0.4) is 0 Å². The second-order valence-corrected chi connectivity index (χ2v) is 8.58. The molecule has 2 saturated heterocycles. The van der Waals surface area contributed by atoms with Crippen molar-refractivity contribution in [3.05, 3.63) is 29.3 Å². The van der Waals surface area contributed by atoms with Crippen LogP contribution in [-0.4, -0.2) is 51.3 Å². The smallest absolute Gasteiger partial charge is 0.281 e. The van der Waals surface area contributed by atoms with Crippen molar-refractivity contribution >= 4 is 44.5 Å². The zero-order chi connectivity index (χ0) is 17.2. The molecule has 0 spiro atoms. The van der Waals surface area contributed by atoms with E-state index in [0.29, 0.717) is 13.0 Å². The maximum atomic E-state index is 12.8. The highest BCUT2D eigenvalue weighted by Crippen LogP contribution is 2.36. The van der Waals surface area contributed by atoms with Crippen molar-refractivity contribution in [2.45, 2.75) is 31.7 Å². The zero-order valence-electron chi connectivity index (χ0n) is 14.0. The molecular weight excluding hydrogens is 354 g/mol. The predicted molar refractivity (Wildman–Crippen MR) is 102 cm³/mol. The first-order valence-electron chi connectivity index (χ1n) is 8.79. The Kier molecular flexibility index (Phi) is 4.94. The minimum Gasteiger partial charge on any atom is -0.333 e. The van der Waals surface area contributed by atoms with Crippen molar-refractivity contribution in [2.24, 2.45) is 0 Å². The van der Waals surface area contributed by atoms with Crippen LogP contribution in [0.15, 0.2) is 24.3 Å². The Bertz CT molecular complexity index is 758. The Morgan fingerprint density at radius 2 is 2.12 bits per heavy atom. The summed E-state index contributed by atoms with van der Waals surface area (Å²) in [5, 5.41) is 1.15. The average molecular weight is 376 g/mol. The summed E-state index contributed by atoms with van der Waals surface area (Å²) in [5.74, 6) is 0.985. The molecule has 0 saturated carbocycles. The van der Waals surface area contributed by atoms with E-state index >= 15 is 0 Å². The van der Waals surface area contributed by atoms with E-state index in [0.717, 1.165) is 48.6 Å². The number of aromatic nitrogens is 1. The molecule has 0 radical (unpaired) electrons. The second-order valence-electron chi connectivity index (χ2n) is 6.47. The maximum absolute atomic E-state index is 12.8. The van der Waals surface area contributed by atoms with Gasteiger partial charge >= 0.3 is 0 Å². The summed E-state index contributed by atoms with van der Waals surface area (Å²) < 4.78 is 1.18. The van der Waals surface area contributed by atoms with Gasteiger partial charge in [0, 0.05) is 31.8 Å². The van der Waals surface area contributed by atoms with Crippen LogP contribution in [0.5, 0.6) is 0 Å². The molecule has 2 fully saturated rings. The van der Waals surface area contributed by atoms with Gasteiger partial charge in [-0.15, -0.1) is 11.3 Å².